The second kappa shape index (κ2) is 5.45. The number of aromatic nitrogens is 1. The fraction of sp³-hybridized carbons (Fsp3) is 0.400. The van der Waals surface area contributed by atoms with Crippen molar-refractivity contribution in [3.8, 4) is 0 Å². The summed E-state index contributed by atoms with van der Waals surface area (Å²) < 4.78 is 0. The van der Waals surface area contributed by atoms with Gasteiger partial charge in [0.25, 0.3) is 0 Å². The maximum atomic E-state index is 12.2. The van der Waals surface area contributed by atoms with Gasteiger partial charge >= 0.3 is 0 Å². The van der Waals surface area contributed by atoms with Crippen LogP contribution in [-0.4, -0.2) is 22.6 Å². The molecule has 1 amide bonds. The van der Waals surface area contributed by atoms with Crippen molar-refractivity contribution < 1.29 is 9.90 Å². The average molecular weight is 260 g/mol. The first-order chi connectivity index (χ1) is 9.04. The van der Waals surface area contributed by atoms with Gasteiger partial charge in [0.05, 0.1) is 18.2 Å². The number of rotatable bonds is 4. The first-order valence-corrected chi connectivity index (χ1v) is 6.53. The molecule has 0 radical (unpaired) electrons. The van der Waals surface area contributed by atoms with Gasteiger partial charge in [-0.3, -0.25) is 4.79 Å². The summed E-state index contributed by atoms with van der Waals surface area (Å²) in [6.45, 7) is 5.66. The van der Waals surface area contributed by atoms with E-state index < -0.39 is 0 Å². The third-order valence-electron chi connectivity index (χ3n) is 3.48. The number of benzene rings is 1. The van der Waals surface area contributed by atoms with Crippen LogP contribution in [0.4, 0.5) is 5.69 Å². The zero-order chi connectivity index (χ0) is 14.0. The van der Waals surface area contributed by atoms with Crippen LogP contribution in [-0.2, 0) is 4.79 Å². The number of amides is 1. The van der Waals surface area contributed by atoms with Gasteiger partial charge in [-0.15, -0.1) is 0 Å². The normalized spacial score (nSPS) is 12.9. The molecule has 4 heteroatoms. The predicted octanol–water partition coefficient (Wildman–Crippen LogP) is 2.68. The summed E-state index contributed by atoms with van der Waals surface area (Å²) in [4.78, 5) is 15.4. The van der Waals surface area contributed by atoms with E-state index in [2.05, 4.69) is 10.3 Å². The van der Waals surface area contributed by atoms with Crippen LogP contribution in [0.5, 0.6) is 0 Å². The van der Waals surface area contributed by atoms with Gasteiger partial charge in [-0.2, -0.15) is 0 Å². The zero-order valence-corrected chi connectivity index (χ0v) is 11.5. The Morgan fingerprint density at radius 3 is 2.68 bits per heavy atom. The molecule has 0 bridgehead atoms. The number of para-hydroxylation sites is 1. The lowest BCUT2D eigenvalue weighted by atomic mass is 9.96. The summed E-state index contributed by atoms with van der Waals surface area (Å²) in [5.41, 5.74) is 2.73. The summed E-state index contributed by atoms with van der Waals surface area (Å²) in [6.07, 6.45) is 0. The predicted molar refractivity (Wildman–Crippen MR) is 77.1 cm³/mol. The maximum absolute atomic E-state index is 12.2. The second-order valence-electron chi connectivity index (χ2n) is 5.19. The molecule has 19 heavy (non-hydrogen) atoms. The third-order valence-corrected chi connectivity index (χ3v) is 3.48. The van der Waals surface area contributed by atoms with Crippen LogP contribution in [0.25, 0.3) is 10.9 Å². The molecule has 0 aliphatic heterocycles. The number of hydrogen-bond acceptors (Lipinski definition) is 2. The molecule has 2 rings (SSSR count). The number of anilines is 1. The number of nitrogens with one attached hydrogen (secondary N) is 2. The van der Waals surface area contributed by atoms with Gasteiger partial charge in [0.15, 0.2) is 0 Å². The standard InChI is InChI=1S/C15H20N2O2/c1-9(2)12(8-18)15(19)17-14-10(3)16-13-7-5-4-6-11(13)14/h4-7,9,12,16,18H,8H2,1-3H3,(H,17,19). The maximum Gasteiger partial charge on any atom is 0.230 e. The Morgan fingerprint density at radius 1 is 1.37 bits per heavy atom. The highest BCUT2D eigenvalue weighted by Crippen LogP contribution is 2.27. The van der Waals surface area contributed by atoms with Gasteiger partial charge in [-0.25, -0.2) is 0 Å². The number of hydrogen-bond donors (Lipinski definition) is 3. The molecule has 0 spiro atoms. The van der Waals surface area contributed by atoms with Crippen LogP contribution in [0, 0.1) is 18.8 Å². The van der Waals surface area contributed by atoms with Crippen molar-refractivity contribution >= 4 is 22.5 Å². The van der Waals surface area contributed by atoms with Crippen molar-refractivity contribution in [3.63, 3.8) is 0 Å². The molecule has 1 atom stereocenters. The fourth-order valence-corrected chi connectivity index (χ4v) is 2.25. The van der Waals surface area contributed by atoms with E-state index in [9.17, 15) is 9.90 Å². The van der Waals surface area contributed by atoms with Crippen molar-refractivity contribution in [3.05, 3.63) is 30.0 Å². The van der Waals surface area contributed by atoms with Crippen LogP contribution in [0.1, 0.15) is 19.5 Å². The summed E-state index contributed by atoms with van der Waals surface area (Å²) in [5.74, 6) is -0.408. The Labute approximate surface area is 112 Å². The van der Waals surface area contributed by atoms with Gasteiger partial charge in [0.2, 0.25) is 5.91 Å². The third kappa shape index (κ3) is 2.63. The van der Waals surface area contributed by atoms with Crippen molar-refractivity contribution in [1.82, 2.24) is 4.98 Å². The van der Waals surface area contributed by atoms with E-state index >= 15 is 0 Å². The van der Waals surface area contributed by atoms with Crippen LogP contribution >= 0.6 is 0 Å². The number of aliphatic hydroxyl groups excluding tert-OH is 1. The summed E-state index contributed by atoms with van der Waals surface area (Å²) in [5, 5.41) is 13.2. The van der Waals surface area contributed by atoms with Crippen molar-refractivity contribution in [2.75, 3.05) is 11.9 Å². The highest BCUT2D eigenvalue weighted by atomic mass is 16.3. The zero-order valence-electron chi connectivity index (χ0n) is 11.5. The highest BCUT2D eigenvalue weighted by Gasteiger charge is 2.22. The van der Waals surface area contributed by atoms with Crippen LogP contribution in [0.3, 0.4) is 0 Å². The first kappa shape index (κ1) is 13.6. The SMILES string of the molecule is Cc1[nH]c2ccccc2c1NC(=O)C(CO)C(C)C. The van der Waals surface area contributed by atoms with Crippen molar-refractivity contribution in [2.24, 2.45) is 11.8 Å². The van der Waals surface area contributed by atoms with Gasteiger partial charge in [-0.05, 0) is 18.9 Å². The molecule has 2 aromatic rings. The molecule has 0 aliphatic carbocycles. The van der Waals surface area contributed by atoms with E-state index in [0.29, 0.717) is 0 Å². The Kier molecular flexibility index (Phi) is 3.90. The van der Waals surface area contributed by atoms with E-state index in [4.69, 9.17) is 0 Å². The molecule has 1 aromatic carbocycles. The molecule has 0 saturated carbocycles. The van der Waals surface area contributed by atoms with Crippen molar-refractivity contribution in [1.29, 1.82) is 0 Å². The van der Waals surface area contributed by atoms with Crippen molar-refractivity contribution in [2.45, 2.75) is 20.8 Å². The fourth-order valence-electron chi connectivity index (χ4n) is 2.25. The molecule has 1 unspecified atom stereocenters. The molecule has 102 valence electrons. The van der Waals surface area contributed by atoms with Crippen LogP contribution < -0.4 is 5.32 Å². The monoisotopic (exact) mass is 260 g/mol. The van der Waals surface area contributed by atoms with E-state index in [1.165, 1.54) is 0 Å². The minimum atomic E-state index is -0.381. The number of fused-ring (bicyclic) bond motifs is 1. The topological polar surface area (TPSA) is 65.1 Å². The lowest BCUT2D eigenvalue weighted by molar-refractivity contribution is -0.122. The van der Waals surface area contributed by atoms with Gasteiger partial charge in [0.1, 0.15) is 0 Å². The van der Waals surface area contributed by atoms with Gasteiger partial charge < -0.3 is 15.4 Å². The summed E-state index contributed by atoms with van der Waals surface area (Å²) >= 11 is 0. The first-order valence-electron chi connectivity index (χ1n) is 6.53. The van der Waals surface area contributed by atoms with Gasteiger partial charge in [0, 0.05) is 16.6 Å². The number of aliphatic hydroxyl groups is 1. The van der Waals surface area contributed by atoms with Crippen LogP contribution in [0.15, 0.2) is 24.3 Å². The van der Waals surface area contributed by atoms with Gasteiger partial charge in [-0.1, -0.05) is 32.0 Å². The Bertz CT molecular complexity index is 587. The largest absolute Gasteiger partial charge is 0.396 e. The second-order valence-corrected chi connectivity index (χ2v) is 5.19. The molecule has 0 aliphatic rings. The Morgan fingerprint density at radius 2 is 2.05 bits per heavy atom. The molecular weight excluding hydrogens is 240 g/mol. The Balaban J connectivity index is 2.31. The highest BCUT2D eigenvalue weighted by molar-refractivity contribution is 6.03. The molecule has 1 aromatic heterocycles. The smallest absolute Gasteiger partial charge is 0.230 e. The molecule has 3 N–H and O–H groups in total. The molecule has 0 fully saturated rings. The number of aromatic amines is 1. The van der Waals surface area contributed by atoms with E-state index in [0.717, 1.165) is 22.3 Å². The molecular formula is C15H20N2O2. The molecule has 4 nitrogen and oxygen atoms in total. The summed E-state index contributed by atoms with van der Waals surface area (Å²) in [6, 6.07) is 7.84. The minimum Gasteiger partial charge on any atom is -0.396 e. The van der Waals surface area contributed by atoms with E-state index in [-0.39, 0.29) is 24.3 Å². The molecule has 1 heterocycles. The quantitative estimate of drug-likeness (QED) is 0.791. The molecule has 0 saturated heterocycles. The average Bonchev–Trinajstić information content (AvgIpc) is 2.66. The minimum absolute atomic E-state index is 0.107. The lowest BCUT2D eigenvalue weighted by Gasteiger charge is -2.17. The van der Waals surface area contributed by atoms with Crippen LogP contribution in [0.2, 0.25) is 0 Å². The number of H-pyrrole nitrogens is 1. The summed E-state index contributed by atoms with van der Waals surface area (Å²) in [7, 11) is 0. The van der Waals surface area contributed by atoms with E-state index in [1.807, 2.05) is 45.0 Å². The van der Waals surface area contributed by atoms with E-state index in [1.54, 1.807) is 0 Å². The number of aryl methyl sites for hydroxylation is 1. The Hall–Kier alpha value is -1.81. The number of carbonyl (C=O) groups excluding carboxylic acids is 1. The lowest BCUT2D eigenvalue weighted by Crippen LogP contribution is -2.29. The number of carbonyl (C=O) groups is 1.